The molecule has 0 radical (unpaired) electrons. The molecule has 94 valence electrons. The Morgan fingerprint density at radius 2 is 2.35 bits per heavy atom. The molecular formula is C12H17IN2O2. The standard InChI is InChI=1S/C12H17IN2O2/c1-8-14-6-10(13)11(16)15(8)7-9-4-5-12(2,3)17-9/h6,9H,4-5,7H2,1-3H3. The van der Waals surface area contributed by atoms with Crippen LogP contribution < -0.4 is 5.56 Å². The van der Waals surface area contributed by atoms with E-state index in [2.05, 4.69) is 18.8 Å². The largest absolute Gasteiger partial charge is 0.370 e. The molecule has 0 bridgehead atoms. The monoisotopic (exact) mass is 348 g/mol. The molecule has 1 aliphatic rings. The zero-order valence-corrected chi connectivity index (χ0v) is 12.5. The van der Waals surface area contributed by atoms with E-state index in [1.54, 1.807) is 10.8 Å². The Bertz CT molecular complexity index is 482. The van der Waals surface area contributed by atoms with E-state index in [-0.39, 0.29) is 17.3 Å². The van der Waals surface area contributed by atoms with Gasteiger partial charge in [0.25, 0.3) is 5.56 Å². The molecule has 1 aromatic rings. The van der Waals surface area contributed by atoms with Crippen LogP contribution in [0.2, 0.25) is 0 Å². The highest BCUT2D eigenvalue weighted by atomic mass is 127. The number of hydrogen-bond acceptors (Lipinski definition) is 3. The van der Waals surface area contributed by atoms with Crippen LogP contribution in [0.4, 0.5) is 0 Å². The third kappa shape index (κ3) is 2.88. The molecule has 5 heteroatoms. The minimum atomic E-state index is -0.0580. The maximum absolute atomic E-state index is 12.0. The fourth-order valence-corrected chi connectivity index (χ4v) is 2.61. The van der Waals surface area contributed by atoms with E-state index in [9.17, 15) is 4.79 Å². The van der Waals surface area contributed by atoms with Gasteiger partial charge in [0, 0.05) is 6.20 Å². The first kappa shape index (κ1) is 13.0. The van der Waals surface area contributed by atoms with Crippen molar-refractivity contribution in [3.05, 3.63) is 25.9 Å². The average molecular weight is 348 g/mol. The summed E-state index contributed by atoms with van der Waals surface area (Å²) in [6, 6.07) is 0. The Morgan fingerprint density at radius 3 is 2.94 bits per heavy atom. The summed E-state index contributed by atoms with van der Waals surface area (Å²) in [5.74, 6) is 0.753. The van der Waals surface area contributed by atoms with Crippen LogP contribution in [0.15, 0.2) is 11.0 Å². The van der Waals surface area contributed by atoms with Gasteiger partial charge in [-0.3, -0.25) is 9.36 Å². The quantitative estimate of drug-likeness (QED) is 0.769. The Morgan fingerprint density at radius 1 is 1.65 bits per heavy atom. The zero-order valence-electron chi connectivity index (χ0n) is 10.4. The first-order valence-corrected chi connectivity index (χ1v) is 6.87. The third-order valence-electron chi connectivity index (χ3n) is 3.15. The summed E-state index contributed by atoms with van der Waals surface area (Å²) in [6.07, 6.45) is 3.79. The number of rotatable bonds is 2. The van der Waals surface area contributed by atoms with Crippen LogP contribution in [0.5, 0.6) is 0 Å². The molecule has 4 nitrogen and oxygen atoms in total. The molecule has 0 N–H and O–H groups in total. The number of aromatic nitrogens is 2. The van der Waals surface area contributed by atoms with Crippen molar-refractivity contribution in [2.75, 3.05) is 0 Å². The predicted molar refractivity (Wildman–Crippen MR) is 74.1 cm³/mol. The van der Waals surface area contributed by atoms with Gasteiger partial charge in [-0.25, -0.2) is 4.98 Å². The minimum Gasteiger partial charge on any atom is -0.370 e. The van der Waals surface area contributed by atoms with E-state index in [1.165, 1.54) is 0 Å². The van der Waals surface area contributed by atoms with E-state index >= 15 is 0 Å². The van der Waals surface area contributed by atoms with Crippen molar-refractivity contribution >= 4 is 22.6 Å². The molecule has 0 aromatic carbocycles. The normalized spacial score (nSPS) is 22.9. The summed E-state index contributed by atoms with van der Waals surface area (Å²) in [7, 11) is 0. The molecule has 1 saturated heterocycles. The van der Waals surface area contributed by atoms with Gasteiger partial charge in [0.1, 0.15) is 5.82 Å². The van der Waals surface area contributed by atoms with E-state index in [0.29, 0.717) is 10.1 Å². The second-order valence-electron chi connectivity index (χ2n) is 5.11. The van der Waals surface area contributed by atoms with Crippen molar-refractivity contribution in [3.63, 3.8) is 0 Å². The summed E-state index contributed by atoms with van der Waals surface area (Å²) in [5.41, 5.74) is -0.0243. The van der Waals surface area contributed by atoms with Crippen LogP contribution in [0, 0.1) is 10.5 Å². The highest BCUT2D eigenvalue weighted by molar-refractivity contribution is 14.1. The van der Waals surface area contributed by atoms with Crippen LogP contribution >= 0.6 is 22.6 Å². The van der Waals surface area contributed by atoms with Crippen LogP contribution in [0.25, 0.3) is 0 Å². The lowest BCUT2D eigenvalue weighted by molar-refractivity contribution is -0.0224. The van der Waals surface area contributed by atoms with Crippen molar-refractivity contribution < 1.29 is 4.74 Å². The van der Waals surface area contributed by atoms with Gasteiger partial charge >= 0.3 is 0 Å². The van der Waals surface area contributed by atoms with E-state index in [4.69, 9.17) is 4.74 Å². The van der Waals surface area contributed by atoms with Gasteiger partial charge in [-0.05, 0) is 56.2 Å². The molecule has 1 aliphatic heterocycles. The van der Waals surface area contributed by atoms with Gasteiger partial charge in [0.15, 0.2) is 0 Å². The number of hydrogen-bond donors (Lipinski definition) is 0. The van der Waals surface area contributed by atoms with E-state index in [1.807, 2.05) is 29.5 Å². The molecule has 1 fully saturated rings. The molecule has 0 spiro atoms. The van der Waals surface area contributed by atoms with Crippen LogP contribution in [-0.4, -0.2) is 21.3 Å². The fraction of sp³-hybridized carbons (Fsp3) is 0.667. The number of halogens is 1. The number of nitrogens with zero attached hydrogens (tertiary/aromatic N) is 2. The zero-order chi connectivity index (χ0) is 12.6. The van der Waals surface area contributed by atoms with Crippen molar-refractivity contribution in [2.45, 2.75) is 51.9 Å². The topological polar surface area (TPSA) is 44.1 Å². The molecule has 1 aromatic heterocycles. The molecular weight excluding hydrogens is 331 g/mol. The lowest BCUT2D eigenvalue weighted by atomic mass is 10.1. The predicted octanol–water partition coefficient (Wildman–Crippen LogP) is 2.11. The van der Waals surface area contributed by atoms with Crippen LogP contribution in [0.3, 0.4) is 0 Å². The van der Waals surface area contributed by atoms with E-state index < -0.39 is 0 Å². The van der Waals surface area contributed by atoms with Crippen LogP contribution in [0.1, 0.15) is 32.5 Å². The van der Waals surface area contributed by atoms with Crippen LogP contribution in [-0.2, 0) is 11.3 Å². The Balaban J connectivity index is 2.20. The highest BCUT2D eigenvalue weighted by Crippen LogP contribution is 2.29. The van der Waals surface area contributed by atoms with Crippen molar-refractivity contribution in [1.82, 2.24) is 9.55 Å². The lowest BCUT2D eigenvalue weighted by Gasteiger charge is -2.20. The smallest absolute Gasteiger partial charge is 0.267 e. The maximum atomic E-state index is 12.0. The molecule has 2 heterocycles. The summed E-state index contributed by atoms with van der Waals surface area (Å²) in [4.78, 5) is 16.2. The molecule has 0 amide bonds. The van der Waals surface area contributed by atoms with E-state index in [0.717, 1.165) is 18.7 Å². The average Bonchev–Trinajstić information content (AvgIpc) is 2.59. The molecule has 1 unspecified atom stereocenters. The lowest BCUT2D eigenvalue weighted by Crippen LogP contribution is -2.31. The summed E-state index contributed by atoms with van der Waals surface area (Å²) < 4.78 is 8.29. The van der Waals surface area contributed by atoms with Gasteiger partial charge in [-0.1, -0.05) is 0 Å². The third-order valence-corrected chi connectivity index (χ3v) is 3.89. The molecule has 1 atom stereocenters. The van der Waals surface area contributed by atoms with Crippen molar-refractivity contribution in [2.24, 2.45) is 0 Å². The first-order chi connectivity index (χ1) is 7.89. The first-order valence-electron chi connectivity index (χ1n) is 5.79. The maximum Gasteiger partial charge on any atom is 0.267 e. The Hall–Kier alpha value is -0.430. The van der Waals surface area contributed by atoms with Gasteiger partial charge in [0.2, 0.25) is 0 Å². The van der Waals surface area contributed by atoms with Crippen molar-refractivity contribution in [1.29, 1.82) is 0 Å². The van der Waals surface area contributed by atoms with Gasteiger partial charge in [-0.2, -0.15) is 0 Å². The summed E-state index contributed by atoms with van der Waals surface area (Å²) in [5, 5.41) is 0. The SMILES string of the molecule is Cc1ncc(I)c(=O)n1CC1CCC(C)(C)O1. The Labute approximate surface area is 115 Å². The summed E-state index contributed by atoms with van der Waals surface area (Å²) >= 11 is 2.02. The molecule has 2 rings (SSSR count). The summed E-state index contributed by atoms with van der Waals surface area (Å²) in [6.45, 7) is 6.65. The second kappa shape index (κ2) is 4.68. The molecule has 17 heavy (non-hydrogen) atoms. The Kier molecular flexibility index (Phi) is 3.58. The molecule has 0 aliphatic carbocycles. The van der Waals surface area contributed by atoms with Gasteiger partial charge in [0.05, 0.1) is 21.8 Å². The molecule has 0 saturated carbocycles. The minimum absolute atomic E-state index is 0.0337. The number of aryl methyl sites for hydroxylation is 1. The fourth-order valence-electron chi connectivity index (χ4n) is 2.18. The van der Waals surface area contributed by atoms with Crippen molar-refractivity contribution in [3.8, 4) is 0 Å². The van der Waals surface area contributed by atoms with Gasteiger partial charge in [-0.15, -0.1) is 0 Å². The highest BCUT2D eigenvalue weighted by Gasteiger charge is 2.32. The van der Waals surface area contributed by atoms with Gasteiger partial charge < -0.3 is 4.74 Å². The number of ether oxygens (including phenoxy) is 1. The second-order valence-corrected chi connectivity index (χ2v) is 6.27.